The zero-order valence-corrected chi connectivity index (χ0v) is 16.4. The van der Waals surface area contributed by atoms with E-state index >= 15 is 0 Å². The summed E-state index contributed by atoms with van der Waals surface area (Å²) in [5.74, 6) is -4.16. The second-order valence-corrected chi connectivity index (χ2v) is 5.87. The number of carbonyl (C=O) groups is 3. The van der Waals surface area contributed by atoms with Crippen LogP contribution in [-0.4, -0.2) is 46.5 Å². The number of benzene rings is 1. The molecular formula is C17H20NNaO6. The Labute approximate surface area is 168 Å². The first-order chi connectivity index (χ1) is 11.4. The van der Waals surface area contributed by atoms with Gasteiger partial charge in [0.2, 0.25) is 0 Å². The van der Waals surface area contributed by atoms with Crippen molar-refractivity contribution in [2.45, 2.75) is 38.5 Å². The number of hydrogen-bond donors (Lipinski definition) is 1. The minimum Gasteiger partial charge on any atom is -0.542 e. The normalized spacial score (nSPS) is 18.8. The van der Waals surface area contributed by atoms with E-state index in [1.165, 1.54) is 11.8 Å². The Hall–Kier alpha value is -1.41. The molecule has 130 valence electrons. The summed E-state index contributed by atoms with van der Waals surface area (Å²) in [6, 6.07) is 8.52. The number of carboxylic acids is 1. The Balaban J connectivity index is 0.00000312. The maximum Gasteiger partial charge on any atom is 1.00 e. The fraction of sp³-hybridized carbons (Fsp3) is 0.471. The number of aliphatic hydroxyl groups is 1. The molecule has 0 bridgehead atoms. The number of aliphatic carboxylic acids is 1. The maximum absolute atomic E-state index is 12.2. The van der Waals surface area contributed by atoms with Crippen LogP contribution in [0.4, 0.5) is 4.79 Å². The molecule has 2 rings (SSSR count). The average molecular weight is 357 g/mol. The molecule has 0 spiro atoms. The van der Waals surface area contributed by atoms with E-state index in [9.17, 15) is 24.6 Å². The Morgan fingerprint density at radius 1 is 1.32 bits per heavy atom. The first kappa shape index (κ1) is 21.6. The average Bonchev–Trinajstić information content (AvgIpc) is 3.08. The number of aliphatic hydroxyl groups excluding tert-OH is 1. The molecule has 0 aliphatic carbocycles. The third kappa shape index (κ3) is 5.54. The number of ether oxygens (including phenoxy) is 1. The summed E-state index contributed by atoms with van der Waals surface area (Å²) in [6.07, 6.45) is -0.739. The molecule has 1 fully saturated rings. The van der Waals surface area contributed by atoms with Gasteiger partial charge in [-0.2, -0.15) is 0 Å². The molecule has 2 unspecified atom stereocenters. The third-order valence-electron chi connectivity index (χ3n) is 4.26. The van der Waals surface area contributed by atoms with Gasteiger partial charge in [-0.05, 0) is 18.4 Å². The van der Waals surface area contributed by atoms with Crippen molar-refractivity contribution in [3.8, 4) is 0 Å². The summed E-state index contributed by atoms with van der Waals surface area (Å²) >= 11 is 0. The molecule has 0 saturated carbocycles. The predicted molar refractivity (Wildman–Crippen MR) is 81.5 cm³/mol. The second-order valence-electron chi connectivity index (χ2n) is 5.87. The largest absolute Gasteiger partial charge is 1.00 e. The fourth-order valence-electron chi connectivity index (χ4n) is 2.85. The van der Waals surface area contributed by atoms with Crippen LogP contribution in [0.3, 0.4) is 0 Å². The number of rotatable bonds is 6. The van der Waals surface area contributed by atoms with Crippen LogP contribution in [0, 0.1) is 5.92 Å². The Morgan fingerprint density at radius 2 is 1.96 bits per heavy atom. The molecule has 1 heterocycles. The van der Waals surface area contributed by atoms with Crippen molar-refractivity contribution in [3.63, 3.8) is 0 Å². The maximum atomic E-state index is 12.2. The van der Waals surface area contributed by atoms with Crippen molar-refractivity contribution in [2.24, 2.45) is 5.92 Å². The number of amides is 1. The molecule has 3 atom stereocenters. The summed E-state index contributed by atoms with van der Waals surface area (Å²) in [5, 5.41) is 20.9. The van der Waals surface area contributed by atoms with E-state index in [1.807, 2.05) is 30.3 Å². The molecule has 7 nitrogen and oxygen atoms in total. The summed E-state index contributed by atoms with van der Waals surface area (Å²) in [7, 11) is 0. The molecule has 8 heteroatoms. The molecule has 1 aliphatic heterocycles. The number of likely N-dealkylation sites (tertiary alicyclic amines) is 1. The van der Waals surface area contributed by atoms with Crippen molar-refractivity contribution < 1.29 is 58.9 Å². The molecule has 25 heavy (non-hydrogen) atoms. The van der Waals surface area contributed by atoms with Gasteiger partial charge in [0.05, 0.1) is 12.1 Å². The molecule has 1 aliphatic rings. The van der Waals surface area contributed by atoms with Crippen LogP contribution in [0.25, 0.3) is 0 Å². The summed E-state index contributed by atoms with van der Waals surface area (Å²) in [6.45, 7) is 1.81. The van der Waals surface area contributed by atoms with E-state index in [0.717, 1.165) is 5.56 Å². The number of carbonyl (C=O) groups excluding carboxylic acids is 3. The summed E-state index contributed by atoms with van der Waals surface area (Å²) in [4.78, 5) is 35.7. The Bertz CT molecular complexity index is 608. The topological polar surface area (TPSA) is 107 Å². The van der Waals surface area contributed by atoms with Crippen molar-refractivity contribution in [3.05, 3.63) is 35.9 Å². The van der Waals surface area contributed by atoms with Gasteiger partial charge in [-0.3, -0.25) is 4.79 Å². The van der Waals surface area contributed by atoms with Crippen molar-refractivity contribution in [1.82, 2.24) is 4.90 Å². The zero-order chi connectivity index (χ0) is 17.7. The van der Waals surface area contributed by atoms with Crippen LogP contribution in [-0.2, 0) is 20.9 Å². The van der Waals surface area contributed by atoms with E-state index in [1.54, 1.807) is 0 Å². The molecular weight excluding hydrogens is 337 g/mol. The van der Waals surface area contributed by atoms with Crippen molar-refractivity contribution >= 4 is 17.8 Å². The standard InChI is InChI=1S/C17H21NO6.Na/c1-11(15(20)16(21)22)14(19)13-8-5-9-18(13)17(23)24-10-12-6-3-2-4-7-12;/h2-4,6-7,11,13-14,19H,5,8-10H2,1H3,(H,21,22);/q;+1/p-1/t11?,13-,14?;/m0./s1. The second kappa shape index (κ2) is 9.91. The molecule has 0 radical (unpaired) electrons. The molecule has 1 amide bonds. The molecule has 1 aromatic rings. The van der Waals surface area contributed by atoms with Gasteiger partial charge < -0.3 is 24.6 Å². The van der Waals surface area contributed by atoms with E-state index in [0.29, 0.717) is 19.4 Å². The zero-order valence-electron chi connectivity index (χ0n) is 14.4. The van der Waals surface area contributed by atoms with Crippen LogP contribution in [0.15, 0.2) is 30.3 Å². The first-order valence-corrected chi connectivity index (χ1v) is 7.82. The smallest absolute Gasteiger partial charge is 0.542 e. The van der Waals surface area contributed by atoms with Crippen LogP contribution < -0.4 is 34.7 Å². The molecule has 1 N–H and O–H groups in total. The third-order valence-corrected chi connectivity index (χ3v) is 4.26. The van der Waals surface area contributed by atoms with Gasteiger partial charge in [0.1, 0.15) is 12.6 Å². The number of hydrogen-bond acceptors (Lipinski definition) is 6. The van der Waals surface area contributed by atoms with Crippen molar-refractivity contribution in [1.29, 1.82) is 0 Å². The first-order valence-electron chi connectivity index (χ1n) is 7.82. The fourth-order valence-corrected chi connectivity index (χ4v) is 2.85. The van der Waals surface area contributed by atoms with E-state index < -0.39 is 35.9 Å². The number of carboxylic acid groups (broad SMARTS) is 1. The number of Topliss-reactive ketones (excluding diaryl/α,β-unsaturated/α-hetero) is 1. The Morgan fingerprint density at radius 3 is 2.56 bits per heavy atom. The van der Waals surface area contributed by atoms with Gasteiger partial charge in [0.25, 0.3) is 0 Å². The van der Waals surface area contributed by atoms with Gasteiger partial charge in [0.15, 0.2) is 5.78 Å². The van der Waals surface area contributed by atoms with Crippen LogP contribution >= 0.6 is 0 Å². The number of nitrogens with zero attached hydrogens (tertiary/aromatic N) is 1. The number of ketones is 1. The van der Waals surface area contributed by atoms with Crippen molar-refractivity contribution in [2.75, 3.05) is 6.54 Å². The minimum atomic E-state index is -1.84. The minimum absolute atomic E-state index is 0. The van der Waals surface area contributed by atoms with E-state index in [2.05, 4.69) is 0 Å². The van der Waals surface area contributed by atoms with Gasteiger partial charge in [-0.15, -0.1) is 0 Å². The van der Waals surface area contributed by atoms with Crippen LogP contribution in [0.5, 0.6) is 0 Å². The molecule has 0 aromatic heterocycles. The monoisotopic (exact) mass is 357 g/mol. The Kier molecular flexibility index (Phi) is 8.58. The van der Waals surface area contributed by atoms with Gasteiger partial charge in [-0.1, -0.05) is 37.3 Å². The van der Waals surface area contributed by atoms with E-state index in [4.69, 9.17) is 4.74 Å². The van der Waals surface area contributed by atoms with Gasteiger partial charge in [0, 0.05) is 12.5 Å². The molecule has 1 saturated heterocycles. The van der Waals surface area contributed by atoms with Crippen LogP contribution in [0.2, 0.25) is 0 Å². The molecule has 1 aromatic carbocycles. The van der Waals surface area contributed by atoms with Gasteiger partial charge in [-0.25, -0.2) is 4.79 Å². The quantitative estimate of drug-likeness (QED) is 0.433. The summed E-state index contributed by atoms with van der Waals surface area (Å²) in [5.41, 5.74) is 0.836. The SMILES string of the molecule is CC(C(=O)C(=O)[O-])C(O)[C@@H]1CCCN1C(=O)OCc1ccccc1.[Na+]. The van der Waals surface area contributed by atoms with Gasteiger partial charge >= 0.3 is 35.7 Å². The van der Waals surface area contributed by atoms with Crippen LogP contribution in [0.1, 0.15) is 25.3 Å². The van der Waals surface area contributed by atoms with E-state index in [-0.39, 0.29) is 36.2 Å². The predicted octanol–water partition coefficient (Wildman–Crippen LogP) is -2.89. The summed E-state index contributed by atoms with van der Waals surface area (Å²) < 4.78 is 5.24.